The van der Waals surface area contributed by atoms with Crippen molar-refractivity contribution in [2.24, 2.45) is 10.9 Å². The summed E-state index contributed by atoms with van der Waals surface area (Å²) in [5.74, 6) is -0.0105. The molecule has 0 unspecified atom stereocenters. The number of benzene rings is 1. The molecule has 2 aromatic rings. The molecular formula is C14H15ClN4O. The number of anilines is 1. The molecule has 104 valence electrons. The van der Waals surface area contributed by atoms with E-state index in [1.54, 1.807) is 18.5 Å². The molecule has 0 amide bonds. The fourth-order valence-corrected chi connectivity index (χ4v) is 2.25. The molecule has 20 heavy (non-hydrogen) atoms. The SMILES string of the molecule is CN(Cc1cccnc1)c1cccc(Cl)c1C(N)=NO. The van der Waals surface area contributed by atoms with Crippen molar-refractivity contribution in [1.82, 2.24) is 4.98 Å². The van der Waals surface area contributed by atoms with E-state index in [1.165, 1.54) is 0 Å². The van der Waals surface area contributed by atoms with E-state index >= 15 is 0 Å². The van der Waals surface area contributed by atoms with E-state index in [4.69, 9.17) is 22.5 Å². The minimum atomic E-state index is -0.0105. The highest BCUT2D eigenvalue weighted by Crippen LogP contribution is 2.27. The van der Waals surface area contributed by atoms with Crippen molar-refractivity contribution in [2.45, 2.75) is 6.54 Å². The van der Waals surface area contributed by atoms with Crippen LogP contribution in [0.15, 0.2) is 47.9 Å². The zero-order chi connectivity index (χ0) is 14.5. The number of pyridine rings is 1. The summed E-state index contributed by atoms with van der Waals surface area (Å²) in [6.45, 7) is 0.639. The molecule has 0 bridgehead atoms. The largest absolute Gasteiger partial charge is 0.409 e. The lowest BCUT2D eigenvalue weighted by atomic mass is 10.1. The summed E-state index contributed by atoms with van der Waals surface area (Å²) in [6, 6.07) is 9.26. The Morgan fingerprint density at radius 2 is 2.20 bits per heavy atom. The van der Waals surface area contributed by atoms with Crippen molar-refractivity contribution >= 4 is 23.1 Å². The predicted molar refractivity (Wildman–Crippen MR) is 80.3 cm³/mol. The number of halogens is 1. The Hall–Kier alpha value is -2.27. The van der Waals surface area contributed by atoms with Gasteiger partial charge in [0.2, 0.25) is 0 Å². The number of aromatic nitrogens is 1. The minimum Gasteiger partial charge on any atom is -0.409 e. The van der Waals surface area contributed by atoms with Crippen LogP contribution in [-0.2, 0) is 6.54 Å². The Labute approximate surface area is 122 Å². The van der Waals surface area contributed by atoms with E-state index in [9.17, 15) is 0 Å². The second-order valence-corrected chi connectivity index (χ2v) is 4.74. The Balaban J connectivity index is 2.35. The highest BCUT2D eigenvalue weighted by molar-refractivity contribution is 6.34. The van der Waals surface area contributed by atoms with E-state index in [2.05, 4.69) is 10.1 Å². The summed E-state index contributed by atoms with van der Waals surface area (Å²) in [5.41, 5.74) is 8.06. The second kappa shape index (κ2) is 6.25. The van der Waals surface area contributed by atoms with Crippen molar-refractivity contribution < 1.29 is 5.21 Å². The standard InChI is InChI=1S/C14H15ClN4O/c1-19(9-10-4-3-7-17-8-10)12-6-2-5-11(15)13(12)14(16)18-20/h2-8,20H,9H2,1H3,(H2,16,18). The first kappa shape index (κ1) is 14.1. The van der Waals surface area contributed by atoms with Gasteiger partial charge in [0.05, 0.1) is 10.6 Å². The number of hydrogen-bond donors (Lipinski definition) is 2. The number of rotatable bonds is 4. The first-order chi connectivity index (χ1) is 9.63. The lowest BCUT2D eigenvalue weighted by Crippen LogP contribution is -2.23. The van der Waals surface area contributed by atoms with Gasteiger partial charge in [-0.1, -0.05) is 28.9 Å². The molecule has 0 aliphatic heterocycles. The molecule has 0 aliphatic rings. The molecular weight excluding hydrogens is 276 g/mol. The molecule has 0 radical (unpaired) electrons. The monoisotopic (exact) mass is 290 g/mol. The zero-order valence-electron chi connectivity index (χ0n) is 11.0. The first-order valence-electron chi connectivity index (χ1n) is 6.00. The average molecular weight is 291 g/mol. The van der Waals surface area contributed by atoms with Crippen LogP contribution >= 0.6 is 11.6 Å². The van der Waals surface area contributed by atoms with Crippen LogP contribution in [0.25, 0.3) is 0 Å². The maximum Gasteiger partial charge on any atom is 0.173 e. The molecule has 3 N–H and O–H groups in total. The number of hydrogen-bond acceptors (Lipinski definition) is 4. The number of nitrogens with two attached hydrogens (primary N) is 1. The van der Waals surface area contributed by atoms with Crippen LogP contribution in [0.4, 0.5) is 5.69 Å². The lowest BCUT2D eigenvalue weighted by molar-refractivity contribution is 0.318. The highest BCUT2D eigenvalue weighted by Gasteiger charge is 2.15. The average Bonchev–Trinajstić information content (AvgIpc) is 2.47. The quantitative estimate of drug-likeness (QED) is 0.393. The Morgan fingerprint density at radius 1 is 1.40 bits per heavy atom. The van der Waals surface area contributed by atoms with Gasteiger partial charge >= 0.3 is 0 Å². The van der Waals surface area contributed by atoms with Gasteiger partial charge in [-0.15, -0.1) is 0 Å². The number of oxime groups is 1. The van der Waals surface area contributed by atoms with Crippen LogP contribution in [0.2, 0.25) is 5.02 Å². The van der Waals surface area contributed by atoms with Crippen LogP contribution in [-0.4, -0.2) is 23.1 Å². The van der Waals surface area contributed by atoms with Gasteiger partial charge in [0.15, 0.2) is 5.84 Å². The van der Waals surface area contributed by atoms with E-state index in [1.807, 2.05) is 36.2 Å². The van der Waals surface area contributed by atoms with Gasteiger partial charge in [-0.3, -0.25) is 4.98 Å². The molecule has 5 nitrogen and oxygen atoms in total. The smallest absolute Gasteiger partial charge is 0.173 e. The molecule has 0 fully saturated rings. The molecule has 0 aliphatic carbocycles. The fourth-order valence-electron chi connectivity index (χ4n) is 1.99. The third-order valence-corrected chi connectivity index (χ3v) is 3.22. The third-order valence-electron chi connectivity index (χ3n) is 2.91. The number of amidine groups is 1. The normalized spacial score (nSPS) is 11.4. The van der Waals surface area contributed by atoms with E-state index in [0.717, 1.165) is 11.3 Å². The Bertz CT molecular complexity index is 616. The van der Waals surface area contributed by atoms with Gasteiger partial charge in [0, 0.05) is 31.7 Å². The van der Waals surface area contributed by atoms with Gasteiger partial charge in [-0.05, 0) is 23.8 Å². The maximum absolute atomic E-state index is 8.88. The zero-order valence-corrected chi connectivity index (χ0v) is 11.7. The summed E-state index contributed by atoms with van der Waals surface area (Å²) >= 11 is 6.14. The van der Waals surface area contributed by atoms with Crippen molar-refractivity contribution in [2.75, 3.05) is 11.9 Å². The van der Waals surface area contributed by atoms with E-state index < -0.39 is 0 Å². The predicted octanol–water partition coefficient (Wildman–Crippen LogP) is 2.47. The molecule has 0 saturated heterocycles. The molecule has 1 aromatic carbocycles. The van der Waals surface area contributed by atoms with Crippen LogP contribution in [0, 0.1) is 0 Å². The summed E-state index contributed by atoms with van der Waals surface area (Å²) < 4.78 is 0. The van der Waals surface area contributed by atoms with Gasteiger partial charge in [-0.25, -0.2) is 0 Å². The van der Waals surface area contributed by atoms with Crippen LogP contribution in [0.3, 0.4) is 0 Å². The molecule has 0 spiro atoms. The lowest BCUT2D eigenvalue weighted by Gasteiger charge is -2.22. The molecule has 2 rings (SSSR count). The van der Waals surface area contributed by atoms with Gasteiger partial charge in [0.1, 0.15) is 0 Å². The molecule has 1 heterocycles. The van der Waals surface area contributed by atoms with Crippen LogP contribution < -0.4 is 10.6 Å². The van der Waals surface area contributed by atoms with E-state index in [-0.39, 0.29) is 5.84 Å². The summed E-state index contributed by atoms with van der Waals surface area (Å²) in [7, 11) is 1.91. The van der Waals surface area contributed by atoms with Crippen LogP contribution in [0.1, 0.15) is 11.1 Å². The maximum atomic E-state index is 8.88. The summed E-state index contributed by atoms with van der Waals surface area (Å²) in [5, 5.41) is 12.4. The highest BCUT2D eigenvalue weighted by atomic mass is 35.5. The van der Waals surface area contributed by atoms with Crippen molar-refractivity contribution in [3.63, 3.8) is 0 Å². The van der Waals surface area contributed by atoms with Crippen molar-refractivity contribution in [3.8, 4) is 0 Å². The van der Waals surface area contributed by atoms with Crippen molar-refractivity contribution in [3.05, 3.63) is 58.9 Å². The molecule has 6 heteroatoms. The van der Waals surface area contributed by atoms with Crippen molar-refractivity contribution in [1.29, 1.82) is 0 Å². The topological polar surface area (TPSA) is 74.7 Å². The summed E-state index contributed by atoms with van der Waals surface area (Å²) in [6.07, 6.45) is 3.52. The van der Waals surface area contributed by atoms with Gasteiger partial charge in [-0.2, -0.15) is 0 Å². The molecule has 0 saturated carbocycles. The van der Waals surface area contributed by atoms with Gasteiger partial charge in [0.25, 0.3) is 0 Å². The summed E-state index contributed by atoms with van der Waals surface area (Å²) in [4.78, 5) is 6.05. The third kappa shape index (κ3) is 3.00. The number of nitrogens with zero attached hydrogens (tertiary/aromatic N) is 3. The van der Waals surface area contributed by atoms with E-state index in [0.29, 0.717) is 17.1 Å². The van der Waals surface area contributed by atoms with Crippen LogP contribution in [0.5, 0.6) is 0 Å². The Morgan fingerprint density at radius 3 is 2.85 bits per heavy atom. The second-order valence-electron chi connectivity index (χ2n) is 4.34. The minimum absolute atomic E-state index is 0.0105. The Kier molecular flexibility index (Phi) is 4.42. The fraction of sp³-hybridized carbons (Fsp3) is 0.143. The first-order valence-corrected chi connectivity index (χ1v) is 6.37. The molecule has 1 aromatic heterocycles. The van der Waals surface area contributed by atoms with Gasteiger partial charge < -0.3 is 15.8 Å². The molecule has 0 atom stereocenters.